The maximum atomic E-state index is 12.3. The van der Waals surface area contributed by atoms with Gasteiger partial charge in [0.05, 0.1) is 7.11 Å². The summed E-state index contributed by atoms with van der Waals surface area (Å²) in [6.45, 7) is 4.85. The fourth-order valence-electron chi connectivity index (χ4n) is 2.18. The van der Waals surface area contributed by atoms with Gasteiger partial charge in [0.15, 0.2) is 11.2 Å². The molecule has 0 bridgehead atoms. The maximum Gasteiger partial charge on any atom is 0.332 e. The third kappa shape index (κ3) is 2.13. The van der Waals surface area contributed by atoms with Gasteiger partial charge in [-0.2, -0.15) is 4.98 Å². The van der Waals surface area contributed by atoms with Crippen LogP contribution < -0.4 is 16.0 Å². The molecule has 0 saturated carbocycles. The molecular formula is C13H20N4O3. The van der Waals surface area contributed by atoms with E-state index in [1.807, 2.05) is 0 Å². The molecule has 0 aliphatic carbocycles. The van der Waals surface area contributed by atoms with Crippen LogP contribution in [-0.2, 0) is 20.6 Å². The highest BCUT2D eigenvalue weighted by atomic mass is 16.5. The molecule has 2 aromatic rings. The number of aromatic nitrogens is 4. The molecule has 2 heterocycles. The van der Waals surface area contributed by atoms with Crippen molar-refractivity contribution in [1.29, 1.82) is 0 Å². The molecule has 0 fully saturated rings. The van der Waals surface area contributed by atoms with Gasteiger partial charge in [0.25, 0.3) is 11.6 Å². The Bertz CT molecular complexity index is 752. The van der Waals surface area contributed by atoms with Crippen LogP contribution in [0.2, 0.25) is 0 Å². The molecule has 0 amide bonds. The van der Waals surface area contributed by atoms with E-state index in [9.17, 15) is 9.59 Å². The highest BCUT2D eigenvalue weighted by Crippen LogP contribution is 2.18. The molecule has 2 rings (SSSR count). The van der Waals surface area contributed by atoms with Gasteiger partial charge in [0, 0.05) is 20.6 Å². The monoisotopic (exact) mass is 280 g/mol. The summed E-state index contributed by atoms with van der Waals surface area (Å²) in [7, 11) is 4.58. The Hall–Kier alpha value is -2.05. The predicted octanol–water partition coefficient (Wildman–Crippen LogP) is 0.488. The number of nitrogens with zero attached hydrogens (tertiary/aromatic N) is 4. The van der Waals surface area contributed by atoms with Crippen molar-refractivity contribution in [2.45, 2.75) is 26.8 Å². The molecule has 0 N–H and O–H groups in total. The average Bonchev–Trinajstić information content (AvgIpc) is 2.79. The molecule has 0 aliphatic rings. The number of hydrogen-bond donors (Lipinski definition) is 0. The summed E-state index contributed by atoms with van der Waals surface area (Å²) in [6.07, 6.45) is 0.897. The van der Waals surface area contributed by atoms with Crippen molar-refractivity contribution in [2.24, 2.45) is 20.0 Å². The molecule has 7 heteroatoms. The first-order valence-corrected chi connectivity index (χ1v) is 6.58. The van der Waals surface area contributed by atoms with Crippen LogP contribution >= 0.6 is 0 Å². The number of ether oxygens (including phenoxy) is 1. The summed E-state index contributed by atoms with van der Waals surface area (Å²) >= 11 is 0. The summed E-state index contributed by atoms with van der Waals surface area (Å²) < 4.78 is 9.45. The van der Waals surface area contributed by atoms with Gasteiger partial charge in [0.1, 0.15) is 0 Å². The SMILES string of the molecule is COc1nc2c(c(=O)n(C)c(=O)n2C)n1CCC(C)C. The van der Waals surface area contributed by atoms with E-state index in [0.29, 0.717) is 29.6 Å². The van der Waals surface area contributed by atoms with Crippen LogP contribution in [0.5, 0.6) is 6.01 Å². The van der Waals surface area contributed by atoms with Crippen molar-refractivity contribution in [1.82, 2.24) is 18.7 Å². The second kappa shape index (κ2) is 5.15. The normalized spacial score (nSPS) is 11.5. The van der Waals surface area contributed by atoms with Crippen molar-refractivity contribution in [3.8, 4) is 6.01 Å². The molecule has 0 spiro atoms. The molecule has 0 unspecified atom stereocenters. The third-order valence-corrected chi connectivity index (χ3v) is 3.43. The van der Waals surface area contributed by atoms with E-state index >= 15 is 0 Å². The zero-order valence-corrected chi connectivity index (χ0v) is 12.5. The standard InChI is InChI=1S/C13H20N4O3/c1-8(2)6-7-17-9-10(14-12(17)20-5)15(3)13(19)16(4)11(9)18/h8H,6-7H2,1-5H3. The highest BCUT2D eigenvalue weighted by Gasteiger charge is 2.19. The van der Waals surface area contributed by atoms with Crippen molar-refractivity contribution in [3.05, 3.63) is 20.8 Å². The van der Waals surface area contributed by atoms with E-state index in [4.69, 9.17) is 4.74 Å². The Balaban J connectivity index is 2.79. The smallest absolute Gasteiger partial charge is 0.332 e. The van der Waals surface area contributed by atoms with Gasteiger partial charge in [-0.05, 0) is 12.3 Å². The van der Waals surface area contributed by atoms with E-state index < -0.39 is 5.69 Å². The minimum absolute atomic E-state index is 0.345. The minimum atomic E-state index is -0.390. The Kier molecular flexibility index (Phi) is 3.69. The zero-order valence-electron chi connectivity index (χ0n) is 12.5. The number of fused-ring (bicyclic) bond motifs is 1. The van der Waals surface area contributed by atoms with E-state index in [2.05, 4.69) is 18.8 Å². The fourth-order valence-corrected chi connectivity index (χ4v) is 2.18. The fraction of sp³-hybridized carbons (Fsp3) is 0.615. The zero-order chi connectivity index (χ0) is 15.0. The van der Waals surface area contributed by atoms with Gasteiger partial charge in [-0.3, -0.25) is 18.5 Å². The summed E-state index contributed by atoms with van der Waals surface area (Å²) in [5.74, 6) is 0.494. The van der Waals surface area contributed by atoms with Gasteiger partial charge >= 0.3 is 5.69 Å². The van der Waals surface area contributed by atoms with Crippen LogP contribution in [0.3, 0.4) is 0 Å². The van der Waals surface area contributed by atoms with Crippen LogP contribution in [0.15, 0.2) is 9.59 Å². The van der Waals surface area contributed by atoms with Crippen LogP contribution in [0.4, 0.5) is 0 Å². The average molecular weight is 280 g/mol. The number of hydrogen-bond acceptors (Lipinski definition) is 4. The minimum Gasteiger partial charge on any atom is -0.468 e. The van der Waals surface area contributed by atoms with Crippen LogP contribution in [-0.4, -0.2) is 25.8 Å². The lowest BCUT2D eigenvalue weighted by Crippen LogP contribution is -2.37. The van der Waals surface area contributed by atoms with Crippen molar-refractivity contribution in [3.63, 3.8) is 0 Å². The topological polar surface area (TPSA) is 71.1 Å². The maximum absolute atomic E-state index is 12.3. The lowest BCUT2D eigenvalue weighted by molar-refractivity contribution is 0.352. The molecule has 110 valence electrons. The van der Waals surface area contributed by atoms with E-state index in [1.54, 1.807) is 11.6 Å². The molecule has 2 aromatic heterocycles. The molecule has 0 atom stereocenters. The van der Waals surface area contributed by atoms with Crippen LogP contribution in [0.1, 0.15) is 20.3 Å². The first-order valence-electron chi connectivity index (χ1n) is 6.58. The second-order valence-corrected chi connectivity index (χ2v) is 5.31. The summed E-state index contributed by atoms with van der Waals surface area (Å²) in [5.41, 5.74) is 0.0344. The third-order valence-electron chi connectivity index (χ3n) is 3.43. The van der Waals surface area contributed by atoms with Gasteiger partial charge in [0.2, 0.25) is 0 Å². The Labute approximate surface area is 116 Å². The number of rotatable bonds is 4. The quantitative estimate of drug-likeness (QED) is 0.817. The highest BCUT2D eigenvalue weighted by molar-refractivity contribution is 5.71. The van der Waals surface area contributed by atoms with Crippen molar-refractivity contribution < 1.29 is 4.74 Å². The van der Waals surface area contributed by atoms with E-state index in [0.717, 1.165) is 11.0 Å². The van der Waals surface area contributed by atoms with Crippen molar-refractivity contribution in [2.75, 3.05) is 7.11 Å². The predicted molar refractivity (Wildman–Crippen MR) is 76.2 cm³/mol. The molecule has 0 saturated heterocycles. The molecule has 0 radical (unpaired) electrons. The molecule has 20 heavy (non-hydrogen) atoms. The summed E-state index contributed by atoms with van der Waals surface area (Å²) in [4.78, 5) is 28.5. The summed E-state index contributed by atoms with van der Waals surface area (Å²) in [5, 5.41) is 0. The molecule has 0 aliphatic heterocycles. The Morgan fingerprint density at radius 3 is 2.40 bits per heavy atom. The first kappa shape index (κ1) is 14.4. The van der Waals surface area contributed by atoms with Crippen molar-refractivity contribution >= 4 is 11.2 Å². The largest absolute Gasteiger partial charge is 0.468 e. The Morgan fingerprint density at radius 1 is 1.20 bits per heavy atom. The van der Waals surface area contributed by atoms with Crippen LogP contribution in [0.25, 0.3) is 11.2 Å². The number of methoxy groups -OCH3 is 1. The molecule has 0 aromatic carbocycles. The van der Waals surface area contributed by atoms with Gasteiger partial charge in [-0.25, -0.2) is 4.79 Å². The van der Waals surface area contributed by atoms with Crippen LogP contribution in [0, 0.1) is 5.92 Å². The lowest BCUT2D eigenvalue weighted by atomic mass is 10.1. The van der Waals surface area contributed by atoms with Gasteiger partial charge in [-0.15, -0.1) is 0 Å². The van der Waals surface area contributed by atoms with E-state index in [1.165, 1.54) is 18.7 Å². The van der Waals surface area contributed by atoms with E-state index in [-0.39, 0.29) is 5.56 Å². The molecular weight excluding hydrogens is 260 g/mol. The lowest BCUT2D eigenvalue weighted by Gasteiger charge is -2.09. The Morgan fingerprint density at radius 2 is 1.85 bits per heavy atom. The first-order chi connectivity index (χ1) is 9.38. The van der Waals surface area contributed by atoms with Gasteiger partial charge < -0.3 is 4.74 Å². The van der Waals surface area contributed by atoms with Gasteiger partial charge in [-0.1, -0.05) is 13.8 Å². The summed E-state index contributed by atoms with van der Waals surface area (Å²) in [6, 6.07) is 0.360. The number of aryl methyl sites for hydroxylation is 2. The molecule has 7 nitrogen and oxygen atoms in total. The second-order valence-electron chi connectivity index (χ2n) is 5.31. The number of imidazole rings is 1.